The van der Waals surface area contributed by atoms with Gasteiger partial charge in [0.2, 0.25) is 0 Å². The highest BCUT2D eigenvalue weighted by Gasteiger charge is 2.23. The first-order valence-corrected chi connectivity index (χ1v) is 11.1. The van der Waals surface area contributed by atoms with Crippen molar-refractivity contribution < 1.29 is 4.39 Å². The summed E-state index contributed by atoms with van der Waals surface area (Å²) in [7, 11) is 0. The Labute approximate surface area is 170 Å². The second-order valence-electron chi connectivity index (χ2n) is 7.37. The fourth-order valence-electron chi connectivity index (χ4n) is 3.95. The first-order chi connectivity index (χ1) is 13.7. The number of aryl methyl sites for hydroxylation is 1. The topological polar surface area (TPSA) is 40.2 Å². The van der Waals surface area contributed by atoms with E-state index in [1.54, 1.807) is 19.2 Å². The number of fused-ring (bicyclic) bond motifs is 1. The Balaban J connectivity index is 1.67. The zero-order valence-electron chi connectivity index (χ0n) is 16.5. The largest absolute Gasteiger partial charge is 0.387 e. The molecule has 0 atom stereocenters. The molecule has 2 aliphatic rings. The number of nitrogens with zero attached hydrogens (tertiary/aromatic N) is 2. The van der Waals surface area contributed by atoms with E-state index in [1.807, 2.05) is 0 Å². The minimum Gasteiger partial charge on any atom is -0.387 e. The van der Waals surface area contributed by atoms with Crippen molar-refractivity contribution in [2.75, 3.05) is 30.7 Å². The molecular formula is C22H28FN4S+. The molecule has 2 N–H and O–H groups in total. The van der Waals surface area contributed by atoms with E-state index >= 15 is 0 Å². The van der Waals surface area contributed by atoms with Gasteiger partial charge in [-0.1, -0.05) is 6.08 Å². The van der Waals surface area contributed by atoms with Crippen molar-refractivity contribution in [1.29, 1.82) is 0 Å². The van der Waals surface area contributed by atoms with Crippen LogP contribution in [0.1, 0.15) is 25.5 Å². The Bertz CT molecular complexity index is 967. The van der Waals surface area contributed by atoms with Crippen LogP contribution < -0.4 is 21.1 Å². The molecule has 0 saturated carbocycles. The molecule has 4 nitrogen and oxygen atoms in total. The molecule has 6 heteroatoms. The summed E-state index contributed by atoms with van der Waals surface area (Å²) in [4.78, 5) is 4.07. The normalized spacial score (nSPS) is 17.2. The number of hydrogen-bond acceptors (Lipinski definition) is 4. The summed E-state index contributed by atoms with van der Waals surface area (Å²) in [6, 6.07) is 6.38. The highest BCUT2D eigenvalue weighted by molar-refractivity contribution is 7.76. The van der Waals surface area contributed by atoms with Crippen LogP contribution in [0.3, 0.4) is 0 Å². The lowest BCUT2D eigenvalue weighted by Crippen LogP contribution is -2.41. The minimum atomic E-state index is -0.238. The molecule has 1 aromatic carbocycles. The minimum absolute atomic E-state index is 0.238. The number of anilines is 1. The number of halogens is 1. The Kier molecular flexibility index (Phi) is 5.87. The van der Waals surface area contributed by atoms with Gasteiger partial charge >= 0.3 is 0 Å². The van der Waals surface area contributed by atoms with Crippen molar-refractivity contribution in [1.82, 2.24) is 14.6 Å². The highest BCUT2D eigenvalue weighted by atomic mass is 32.2. The molecule has 148 valence electrons. The Morgan fingerprint density at radius 1 is 1.32 bits per heavy atom. The summed E-state index contributed by atoms with van der Waals surface area (Å²) < 4.78 is 17.2. The van der Waals surface area contributed by atoms with Crippen LogP contribution in [-0.2, 0) is 11.9 Å². The van der Waals surface area contributed by atoms with E-state index in [9.17, 15) is 4.39 Å². The van der Waals surface area contributed by atoms with E-state index in [-0.39, 0.29) is 5.82 Å². The Hall–Kier alpha value is -2.05. The lowest BCUT2D eigenvalue weighted by atomic mass is 10.00. The number of hydrogen-bond donors (Lipinski definition) is 2. The van der Waals surface area contributed by atoms with Crippen LogP contribution in [0, 0.1) is 12.7 Å². The zero-order valence-corrected chi connectivity index (χ0v) is 17.4. The van der Waals surface area contributed by atoms with Gasteiger partial charge in [0.25, 0.3) is 0 Å². The zero-order chi connectivity index (χ0) is 19.5. The van der Waals surface area contributed by atoms with Crippen LogP contribution in [0.25, 0.3) is 23.4 Å². The third-order valence-electron chi connectivity index (χ3n) is 5.45. The van der Waals surface area contributed by atoms with Gasteiger partial charge in [0.05, 0.1) is 17.6 Å². The molecule has 0 amide bonds. The second-order valence-corrected chi connectivity index (χ2v) is 8.85. The van der Waals surface area contributed by atoms with Gasteiger partial charge in [-0.15, -0.1) is 4.31 Å². The summed E-state index contributed by atoms with van der Waals surface area (Å²) in [5.74, 6) is 0.944. The Morgan fingerprint density at radius 3 is 2.93 bits per heavy atom. The van der Waals surface area contributed by atoms with E-state index in [0.717, 1.165) is 54.2 Å². The van der Waals surface area contributed by atoms with E-state index in [4.69, 9.17) is 0 Å². The van der Waals surface area contributed by atoms with Crippen LogP contribution in [-0.4, -0.2) is 40.7 Å². The SMILES string of the molecule is CC[SH+]N1CCC(Nc2cc(-c3ccnc(C)c3F)cc3c2=CNCC=3)CC1. The van der Waals surface area contributed by atoms with Gasteiger partial charge in [0, 0.05) is 54.5 Å². The molecule has 0 aliphatic carbocycles. The summed E-state index contributed by atoms with van der Waals surface area (Å²) in [6.07, 6.45) is 8.18. The smallest absolute Gasteiger partial charge is 0.152 e. The van der Waals surface area contributed by atoms with Gasteiger partial charge < -0.3 is 10.6 Å². The van der Waals surface area contributed by atoms with Gasteiger partial charge in [-0.05, 0) is 55.7 Å². The van der Waals surface area contributed by atoms with E-state index in [0.29, 0.717) is 17.3 Å². The van der Waals surface area contributed by atoms with Gasteiger partial charge in [0.15, 0.2) is 5.82 Å². The lowest BCUT2D eigenvalue weighted by Gasteiger charge is -2.28. The average molecular weight is 400 g/mol. The van der Waals surface area contributed by atoms with Gasteiger partial charge in [-0.2, -0.15) is 0 Å². The molecule has 3 heterocycles. The van der Waals surface area contributed by atoms with Gasteiger partial charge in [-0.25, -0.2) is 4.39 Å². The number of piperidine rings is 1. The summed E-state index contributed by atoms with van der Waals surface area (Å²) >= 11 is 1.43. The third-order valence-corrected chi connectivity index (χ3v) is 6.53. The number of nitrogens with one attached hydrogen (secondary N) is 2. The standard InChI is InChI=1S/C22H27FN4S/c1-3-28-27-10-6-18(7-11-27)26-21-13-17(12-16-4-8-24-14-20(16)21)19-5-9-25-15(2)22(19)23/h4-5,9,12-14,18,24,26H,3,6-8,10-11H2,1-2H3/p+1. The molecule has 0 unspecified atom stereocenters. The fourth-order valence-corrected chi connectivity index (χ4v) is 4.87. The first-order valence-electron chi connectivity index (χ1n) is 10.0. The molecule has 1 saturated heterocycles. The quantitative estimate of drug-likeness (QED) is 0.596. The number of thiol groups is 1. The van der Waals surface area contributed by atoms with Crippen molar-refractivity contribution in [2.45, 2.75) is 32.7 Å². The molecular weight excluding hydrogens is 371 g/mol. The lowest BCUT2D eigenvalue weighted by molar-refractivity contribution is 0.357. The van der Waals surface area contributed by atoms with Gasteiger partial charge in [-0.3, -0.25) is 4.98 Å². The monoisotopic (exact) mass is 399 g/mol. The number of benzene rings is 1. The average Bonchev–Trinajstić information content (AvgIpc) is 2.71. The molecule has 2 aliphatic heterocycles. The maximum Gasteiger partial charge on any atom is 0.152 e. The first kappa shape index (κ1) is 19.3. The molecule has 4 rings (SSSR count). The molecule has 1 fully saturated rings. The van der Waals surface area contributed by atoms with Crippen molar-refractivity contribution in [3.63, 3.8) is 0 Å². The van der Waals surface area contributed by atoms with E-state index < -0.39 is 0 Å². The number of rotatable bonds is 5. The third kappa shape index (κ3) is 4.03. The van der Waals surface area contributed by atoms with Crippen molar-refractivity contribution in [3.8, 4) is 11.1 Å². The second kappa shape index (κ2) is 8.53. The molecule has 0 spiro atoms. The van der Waals surface area contributed by atoms with Crippen LogP contribution in [0.5, 0.6) is 0 Å². The fraction of sp³-hybridized carbons (Fsp3) is 0.409. The summed E-state index contributed by atoms with van der Waals surface area (Å²) in [5, 5.41) is 9.37. The molecule has 0 radical (unpaired) electrons. The maximum atomic E-state index is 14.7. The van der Waals surface area contributed by atoms with Crippen molar-refractivity contribution >= 4 is 29.9 Å². The number of pyridine rings is 1. The van der Waals surface area contributed by atoms with Crippen molar-refractivity contribution in [2.24, 2.45) is 0 Å². The van der Waals surface area contributed by atoms with Crippen LogP contribution in [0.4, 0.5) is 10.1 Å². The molecule has 1 aromatic heterocycles. The maximum absolute atomic E-state index is 14.7. The van der Waals surface area contributed by atoms with Crippen LogP contribution in [0.2, 0.25) is 0 Å². The van der Waals surface area contributed by atoms with E-state index in [2.05, 4.69) is 51.3 Å². The summed E-state index contributed by atoms with van der Waals surface area (Å²) in [5.41, 5.74) is 3.03. The predicted octanol–water partition coefficient (Wildman–Crippen LogP) is 1.94. The molecule has 2 aromatic rings. The van der Waals surface area contributed by atoms with Crippen molar-refractivity contribution in [3.05, 3.63) is 46.3 Å². The Morgan fingerprint density at radius 2 is 2.14 bits per heavy atom. The highest BCUT2D eigenvalue weighted by Crippen LogP contribution is 2.25. The van der Waals surface area contributed by atoms with Crippen LogP contribution in [0.15, 0.2) is 24.4 Å². The van der Waals surface area contributed by atoms with Crippen LogP contribution >= 0.6 is 0 Å². The molecule has 0 bridgehead atoms. The van der Waals surface area contributed by atoms with Gasteiger partial charge in [0.1, 0.15) is 5.75 Å². The summed E-state index contributed by atoms with van der Waals surface area (Å²) in [6.45, 7) is 6.98. The predicted molar refractivity (Wildman–Crippen MR) is 118 cm³/mol. The number of aromatic nitrogens is 1. The van der Waals surface area contributed by atoms with E-state index in [1.165, 1.54) is 17.7 Å². The molecule has 28 heavy (non-hydrogen) atoms.